The predicted octanol–water partition coefficient (Wildman–Crippen LogP) is 1.34. The van der Waals surface area contributed by atoms with Gasteiger partial charge in [-0.2, -0.15) is 4.98 Å². The van der Waals surface area contributed by atoms with Crippen LogP contribution in [0.2, 0.25) is 0 Å². The first-order valence-electron chi connectivity index (χ1n) is 7.45. The Kier molecular flexibility index (Phi) is 5.30. The highest BCUT2D eigenvalue weighted by molar-refractivity contribution is 7.33. The molecule has 1 fully saturated rings. The van der Waals surface area contributed by atoms with E-state index in [2.05, 4.69) is 4.98 Å². The van der Waals surface area contributed by atoms with Crippen molar-refractivity contribution in [2.45, 2.75) is 24.7 Å². The maximum atomic E-state index is 14.6. The number of H-pyrrole nitrogens is 1. The summed E-state index contributed by atoms with van der Waals surface area (Å²) in [5.41, 5.74) is -1.82. The summed E-state index contributed by atoms with van der Waals surface area (Å²) in [5.74, 6) is -2.68. The molecule has 2 aromatic rings. The first-order chi connectivity index (χ1) is 12.4. The molecule has 12 heteroatoms. The normalized spacial score (nSPS) is 26.5. The van der Waals surface area contributed by atoms with Crippen molar-refractivity contribution in [3.05, 3.63) is 57.6 Å². The molecule has 0 spiro atoms. The van der Waals surface area contributed by atoms with Gasteiger partial charge >= 0.3 is 19.6 Å². The minimum Gasteiger partial charge on any atom is -0.426 e. The van der Waals surface area contributed by atoms with E-state index >= 15 is 0 Å². The Morgan fingerprint density at radius 2 is 2.12 bits per heavy atom. The molecule has 1 saturated heterocycles. The van der Waals surface area contributed by atoms with Gasteiger partial charge in [0.05, 0.1) is 0 Å². The molecule has 2 heterocycles. The number of aromatic amines is 1. The van der Waals surface area contributed by atoms with Crippen LogP contribution in [0.1, 0.15) is 12.6 Å². The van der Waals surface area contributed by atoms with E-state index in [1.54, 1.807) is 18.2 Å². The molecule has 26 heavy (non-hydrogen) atoms. The van der Waals surface area contributed by atoms with Gasteiger partial charge in [-0.3, -0.25) is 14.1 Å². The Balaban J connectivity index is 1.63. The van der Waals surface area contributed by atoms with Crippen molar-refractivity contribution in [3.8, 4) is 5.75 Å². The van der Waals surface area contributed by atoms with Crippen LogP contribution < -0.4 is 15.9 Å². The minimum atomic E-state index is -3.15. The molecule has 0 aliphatic carbocycles. The molecule has 1 aliphatic rings. The molecule has 140 valence electrons. The van der Waals surface area contributed by atoms with Crippen LogP contribution in [0, 0.1) is 0 Å². The number of nitrogens with one attached hydrogen (secondary N) is 1. The van der Waals surface area contributed by atoms with Gasteiger partial charge < -0.3 is 9.26 Å². The van der Waals surface area contributed by atoms with Gasteiger partial charge in [0.15, 0.2) is 6.17 Å². The lowest BCUT2D eigenvalue weighted by Crippen LogP contribution is -2.37. The van der Waals surface area contributed by atoms with Crippen LogP contribution in [0.4, 0.5) is 8.78 Å². The second-order valence-corrected chi connectivity index (χ2v) is 6.40. The quantitative estimate of drug-likeness (QED) is 0.742. The average Bonchev–Trinajstić information content (AvgIpc) is 2.89. The van der Waals surface area contributed by atoms with Gasteiger partial charge in [-0.1, -0.05) is 18.2 Å². The van der Waals surface area contributed by atoms with E-state index in [0.29, 0.717) is 0 Å². The second kappa shape index (κ2) is 7.48. The van der Waals surface area contributed by atoms with Gasteiger partial charge in [0.1, 0.15) is 24.9 Å². The van der Waals surface area contributed by atoms with Crippen LogP contribution >= 0.6 is 8.25 Å². The number of aromatic nitrogens is 3. The molecular formula is C14H14F2N3O6P. The molecule has 9 nitrogen and oxygen atoms in total. The second-order valence-electron chi connectivity index (χ2n) is 5.40. The standard InChI is InChI=1S/C14H14F2N3O6P/c15-10-6-11(19-8-17-12(20)18-13(19)21)24-14(10,16)7-23-26(22)25-9-4-2-1-3-5-9/h1-5,8,10-11,26H,6-7H2,(H,18,20,21)/t10-,11+,14+/m0/s1. The fourth-order valence-electron chi connectivity index (χ4n) is 2.33. The molecule has 0 radical (unpaired) electrons. The third kappa shape index (κ3) is 4.06. The van der Waals surface area contributed by atoms with Crippen LogP contribution in [-0.4, -0.2) is 33.2 Å². The van der Waals surface area contributed by atoms with Gasteiger partial charge in [-0.15, -0.1) is 0 Å². The maximum absolute atomic E-state index is 14.6. The van der Waals surface area contributed by atoms with Gasteiger partial charge in [-0.25, -0.2) is 22.9 Å². The van der Waals surface area contributed by atoms with Crippen molar-refractivity contribution in [1.82, 2.24) is 14.5 Å². The molecule has 0 amide bonds. The summed E-state index contributed by atoms with van der Waals surface area (Å²) in [4.78, 5) is 27.8. The molecule has 1 aromatic carbocycles. The first-order valence-corrected chi connectivity index (χ1v) is 8.68. The van der Waals surface area contributed by atoms with E-state index in [1.807, 2.05) is 4.98 Å². The van der Waals surface area contributed by atoms with E-state index in [4.69, 9.17) is 13.8 Å². The third-order valence-electron chi connectivity index (χ3n) is 3.60. The molecule has 4 atom stereocenters. The lowest BCUT2D eigenvalue weighted by atomic mass is 10.2. The highest BCUT2D eigenvalue weighted by Gasteiger charge is 2.52. The Bertz CT molecular complexity index is 907. The van der Waals surface area contributed by atoms with Crippen molar-refractivity contribution >= 4 is 8.25 Å². The molecule has 0 saturated carbocycles. The van der Waals surface area contributed by atoms with Crippen molar-refractivity contribution in [1.29, 1.82) is 0 Å². The number of benzene rings is 1. The van der Waals surface area contributed by atoms with Crippen molar-refractivity contribution in [2.24, 2.45) is 0 Å². The largest absolute Gasteiger partial charge is 0.426 e. The van der Waals surface area contributed by atoms with Crippen LogP contribution in [-0.2, 0) is 13.8 Å². The molecule has 1 N–H and O–H groups in total. The zero-order chi connectivity index (χ0) is 18.7. The Morgan fingerprint density at radius 3 is 2.81 bits per heavy atom. The average molecular weight is 389 g/mol. The number of hydrogen-bond acceptors (Lipinski definition) is 7. The van der Waals surface area contributed by atoms with E-state index in [-0.39, 0.29) is 5.75 Å². The summed E-state index contributed by atoms with van der Waals surface area (Å²) >= 11 is 0. The fraction of sp³-hybridized carbons (Fsp3) is 0.357. The predicted molar refractivity (Wildman–Crippen MR) is 84.6 cm³/mol. The van der Waals surface area contributed by atoms with Gasteiger partial charge in [0.25, 0.3) is 5.85 Å². The Morgan fingerprint density at radius 1 is 1.38 bits per heavy atom. The van der Waals surface area contributed by atoms with Gasteiger partial charge in [0, 0.05) is 6.42 Å². The lowest BCUT2D eigenvalue weighted by molar-refractivity contribution is -0.191. The lowest BCUT2D eigenvalue weighted by Gasteiger charge is -2.21. The van der Waals surface area contributed by atoms with E-state index < -0.39 is 50.9 Å². The zero-order valence-electron chi connectivity index (χ0n) is 13.1. The maximum Gasteiger partial charge on any atom is 0.368 e. The van der Waals surface area contributed by atoms with Gasteiger partial charge in [-0.05, 0) is 12.1 Å². The van der Waals surface area contributed by atoms with Crippen LogP contribution in [0.15, 0.2) is 46.2 Å². The van der Waals surface area contributed by atoms with Crippen molar-refractivity contribution in [2.75, 3.05) is 6.61 Å². The summed E-state index contributed by atoms with van der Waals surface area (Å²) in [7, 11) is -3.15. The highest BCUT2D eigenvalue weighted by atomic mass is 31.1. The number of nitrogens with zero attached hydrogens (tertiary/aromatic N) is 2. The van der Waals surface area contributed by atoms with E-state index in [1.165, 1.54) is 12.1 Å². The van der Waals surface area contributed by atoms with Crippen LogP contribution in [0.3, 0.4) is 0 Å². The zero-order valence-corrected chi connectivity index (χ0v) is 14.1. The fourth-order valence-corrected chi connectivity index (χ4v) is 3.03. The smallest absolute Gasteiger partial charge is 0.368 e. The van der Waals surface area contributed by atoms with Crippen molar-refractivity contribution < 1.29 is 27.1 Å². The van der Waals surface area contributed by atoms with Crippen LogP contribution in [0.5, 0.6) is 5.75 Å². The minimum absolute atomic E-state index is 0.247. The number of para-hydroxylation sites is 1. The van der Waals surface area contributed by atoms with E-state index in [9.17, 15) is 22.9 Å². The first kappa shape index (κ1) is 18.4. The number of rotatable bonds is 6. The molecule has 3 rings (SSSR count). The summed E-state index contributed by atoms with van der Waals surface area (Å²) in [5, 5.41) is 0. The summed E-state index contributed by atoms with van der Waals surface area (Å²) in [6, 6.07) is 8.04. The number of alkyl halides is 2. The number of halogens is 2. The summed E-state index contributed by atoms with van der Waals surface area (Å²) in [6.07, 6.45) is -3.19. The van der Waals surface area contributed by atoms with E-state index in [0.717, 1.165) is 10.9 Å². The monoisotopic (exact) mass is 389 g/mol. The molecule has 1 aliphatic heterocycles. The Labute approximate surface area is 145 Å². The topological polar surface area (TPSA) is 113 Å². The van der Waals surface area contributed by atoms with Gasteiger partial charge in [0.2, 0.25) is 0 Å². The highest BCUT2D eigenvalue weighted by Crippen LogP contribution is 2.41. The number of ether oxygens (including phenoxy) is 1. The third-order valence-corrected chi connectivity index (χ3v) is 4.38. The molecule has 0 bridgehead atoms. The molecule has 1 unspecified atom stereocenters. The van der Waals surface area contributed by atoms with Crippen LogP contribution in [0.25, 0.3) is 0 Å². The SMILES string of the molecule is O=c1ncn([C@H]2C[C@H](F)[C@@](F)(CO[PH](=O)Oc3ccccc3)O2)c(=O)[nH]1. The number of hydrogen-bond donors (Lipinski definition) is 1. The molecular weight excluding hydrogens is 375 g/mol. The molecule has 1 aromatic heterocycles. The summed E-state index contributed by atoms with van der Waals surface area (Å²) < 4.78 is 55.9. The Hall–Kier alpha value is -2.36. The van der Waals surface area contributed by atoms with Crippen molar-refractivity contribution in [3.63, 3.8) is 0 Å². The summed E-state index contributed by atoms with van der Waals surface area (Å²) in [6.45, 7) is -0.999.